The van der Waals surface area contributed by atoms with E-state index in [0.717, 1.165) is 5.56 Å². The minimum atomic E-state index is -1.08. The average Bonchev–Trinajstić information content (AvgIpc) is 2.88. The number of fused-ring (bicyclic) bond motifs is 2. The van der Waals surface area contributed by atoms with Crippen LogP contribution in [0.5, 0.6) is 11.5 Å². The van der Waals surface area contributed by atoms with E-state index in [1.54, 1.807) is 37.3 Å². The van der Waals surface area contributed by atoms with Crippen molar-refractivity contribution in [3.05, 3.63) is 77.0 Å². The Labute approximate surface area is 173 Å². The van der Waals surface area contributed by atoms with Gasteiger partial charge in [-0.05, 0) is 49.6 Å². The Morgan fingerprint density at radius 1 is 1.34 bits per heavy atom. The highest BCUT2D eigenvalue weighted by Crippen LogP contribution is 2.40. The monoisotopic (exact) mass is 412 g/mol. The zero-order valence-electron chi connectivity index (χ0n) is 15.8. The molecule has 1 aliphatic heterocycles. The molecule has 2 aromatic carbocycles. The Morgan fingerprint density at radius 3 is 2.93 bits per heavy atom. The summed E-state index contributed by atoms with van der Waals surface area (Å²) in [4.78, 5) is 18.0. The van der Waals surface area contributed by atoms with E-state index in [2.05, 4.69) is 22.6 Å². The molecule has 0 aromatic heterocycles. The Hall–Kier alpha value is -3.13. The van der Waals surface area contributed by atoms with Crippen LogP contribution in [0.25, 0.3) is 0 Å². The lowest BCUT2D eigenvalue weighted by Gasteiger charge is -2.24. The van der Waals surface area contributed by atoms with Gasteiger partial charge in [0.25, 0.3) is 0 Å². The standard InChI is InChI=1S/C21H21ClN4O3/c1-14(6-5-11-23-2)20(27)24-25-21(28)26-13-15-7-3-4-8-18(15)29-19-10-9-16(22)12-17(19)26/h3-12,20,24,27H,2,13H2,1H3,(H,25,28)/b11-5-,14-6+. The second kappa shape index (κ2) is 9.38. The molecule has 3 N–H and O–H groups in total. The number of hydrogen-bond acceptors (Lipinski definition) is 5. The van der Waals surface area contributed by atoms with Crippen molar-refractivity contribution in [2.45, 2.75) is 19.7 Å². The Bertz CT molecular complexity index is 974. The van der Waals surface area contributed by atoms with Crippen LogP contribution in [-0.2, 0) is 6.54 Å². The summed E-state index contributed by atoms with van der Waals surface area (Å²) in [7, 11) is 0. The summed E-state index contributed by atoms with van der Waals surface area (Å²) in [6.07, 6.45) is 3.70. The van der Waals surface area contributed by atoms with Crippen LogP contribution in [0.2, 0.25) is 5.02 Å². The molecule has 0 fully saturated rings. The summed E-state index contributed by atoms with van der Waals surface area (Å²) >= 11 is 6.15. The Kier molecular flexibility index (Phi) is 6.66. The highest BCUT2D eigenvalue weighted by atomic mass is 35.5. The SMILES string of the molecule is C=N/C=C\C=C(/C)C(O)NNC(=O)N1Cc2ccccc2Oc2ccc(Cl)cc21. The maximum atomic E-state index is 12.9. The number of nitrogens with zero attached hydrogens (tertiary/aromatic N) is 2. The van der Waals surface area contributed by atoms with Crippen LogP contribution in [0.15, 0.2) is 71.4 Å². The third-order valence-electron chi connectivity index (χ3n) is 4.28. The fraction of sp³-hybridized carbons (Fsp3) is 0.143. The van der Waals surface area contributed by atoms with Gasteiger partial charge in [-0.15, -0.1) is 0 Å². The van der Waals surface area contributed by atoms with Crippen molar-refractivity contribution in [3.8, 4) is 11.5 Å². The molecule has 0 saturated heterocycles. The lowest BCUT2D eigenvalue weighted by Crippen LogP contribution is -2.50. The second-order valence-corrected chi connectivity index (χ2v) is 6.76. The van der Waals surface area contributed by atoms with Crippen LogP contribution in [-0.4, -0.2) is 24.1 Å². The van der Waals surface area contributed by atoms with Crippen LogP contribution < -0.4 is 20.5 Å². The van der Waals surface area contributed by atoms with Crippen LogP contribution in [0.1, 0.15) is 12.5 Å². The lowest BCUT2D eigenvalue weighted by atomic mass is 10.2. The number of carbonyl (C=O) groups excluding carboxylic acids is 1. The normalized spacial score (nSPS) is 14.4. The van der Waals surface area contributed by atoms with Crippen molar-refractivity contribution in [3.63, 3.8) is 0 Å². The first-order valence-corrected chi connectivity index (χ1v) is 9.23. The molecule has 29 heavy (non-hydrogen) atoms. The molecular formula is C21H21ClN4O3. The number of aliphatic hydroxyl groups is 1. The molecule has 0 radical (unpaired) electrons. The average molecular weight is 413 g/mol. The number of aliphatic imine (C=N–C) groups is 1. The number of allylic oxidation sites excluding steroid dienone is 2. The molecular weight excluding hydrogens is 392 g/mol. The fourth-order valence-corrected chi connectivity index (χ4v) is 2.90. The Balaban J connectivity index is 1.80. The molecule has 1 heterocycles. The van der Waals surface area contributed by atoms with E-state index in [9.17, 15) is 9.90 Å². The van der Waals surface area contributed by atoms with Crippen molar-refractivity contribution >= 4 is 30.0 Å². The molecule has 1 aliphatic rings. The van der Waals surface area contributed by atoms with Crippen LogP contribution in [0, 0.1) is 0 Å². The zero-order chi connectivity index (χ0) is 20.8. The first kappa shape index (κ1) is 20.6. The number of urea groups is 1. The second-order valence-electron chi connectivity index (χ2n) is 6.32. The number of nitrogens with one attached hydrogen (secondary N) is 2. The minimum absolute atomic E-state index is 0.273. The summed E-state index contributed by atoms with van der Waals surface area (Å²) in [5, 5.41) is 10.7. The molecule has 1 unspecified atom stereocenters. The smallest absolute Gasteiger partial charge is 0.336 e. The third-order valence-corrected chi connectivity index (χ3v) is 4.51. The minimum Gasteiger partial charge on any atom is -0.455 e. The van der Waals surface area contributed by atoms with Gasteiger partial charge in [0.15, 0.2) is 5.75 Å². The maximum absolute atomic E-state index is 12.9. The molecule has 2 aromatic rings. The molecule has 3 rings (SSSR count). The van der Waals surface area contributed by atoms with Gasteiger partial charge in [-0.25, -0.2) is 10.2 Å². The van der Waals surface area contributed by atoms with E-state index >= 15 is 0 Å². The molecule has 7 nitrogen and oxygen atoms in total. The molecule has 0 aliphatic carbocycles. The molecule has 2 amide bonds. The highest BCUT2D eigenvalue weighted by molar-refractivity contribution is 6.31. The quantitative estimate of drug-likeness (QED) is 0.298. The summed E-state index contributed by atoms with van der Waals surface area (Å²) in [5.74, 6) is 1.17. The first-order chi connectivity index (χ1) is 14.0. The van der Waals surface area contributed by atoms with Crippen molar-refractivity contribution in [1.29, 1.82) is 0 Å². The van der Waals surface area contributed by atoms with Crippen molar-refractivity contribution in [2.24, 2.45) is 4.99 Å². The van der Waals surface area contributed by atoms with E-state index in [1.807, 2.05) is 24.3 Å². The van der Waals surface area contributed by atoms with Crippen molar-refractivity contribution in [1.82, 2.24) is 10.9 Å². The van der Waals surface area contributed by atoms with Gasteiger partial charge < -0.3 is 9.84 Å². The van der Waals surface area contributed by atoms with Gasteiger partial charge in [0.05, 0.1) is 12.2 Å². The third kappa shape index (κ3) is 5.03. The van der Waals surface area contributed by atoms with E-state index < -0.39 is 12.3 Å². The highest BCUT2D eigenvalue weighted by Gasteiger charge is 2.26. The number of para-hydroxylation sites is 1. The molecule has 0 spiro atoms. The number of anilines is 1. The van der Waals surface area contributed by atoms with Gasteiger partial charge in [-0.3, -0.25) is 15.3 Å². The van der Waals surface area contributed by atoms with E-state index in [4.69, 9.17) is 16.3 Å². The topological polar surface area (TPSA) is 86.2 Å². The van der Waals surface area contributed by atoms with Crippen LogP contribution >= 0.6 is 11.6 Å². The number of aliphatic hydroxyl groups excluding tert-OH is 1. The number of hydrazine groups is 1. The number of benzene rings is 2. The molecule has 0 bridgehead atoms. The maximum Gasteiger partial charge on any atom is 0.336 e. The van der Waals surface area contributed by atoms with Crippen LogP contribution in [0.3, 0.4) is 0 Å². The van der Waals surface area contributed by atoms with Crippen molar-refractivity contribution in [2.75, 3.05) is 4.90 Å². The number of hydrogen-bond donors (Lipinski definition) is 3. The van der Waals surface area contributed by atoms with Gasteiger partial charge in [0, 0.05) is 16.8 Å². The van der Waals surface area contributed by atoms with Gasteiger partial charge in [-0.2, -0.15) is 0 Å². The number of amides is 2. The molecule has 150 valence electrons. The summed E-state index contributed by atoms with van der Waals surface area (Å²) in [5.41, 5.74) is 7.06. The van der Waals surface area contributed by atoms with Gasteiger partial charge in [0.2, 0.25) is 0 Å². The Morgan fingerprint density at radius 2 is 2.14 bits per heavy atom. The summed E-state index contributed by atoms with van der Waals surface area (Å²) in [6.45, 7) is 5.32. The summed E-state index contributed by atoms with van der Waals surface area (Å²) < 4.78 is 5.98. The number of carbonyl (C=O) groups is 1. The molecule has 8 heteroatoms. The van der Waals surface area contributed by atoms with Crippen molar-refractivity contribution < 1.29 is 14.6 Å². The van der Waals surface area contributed by atoms with Gasteiger partial charge in [-0.1, -0.05) is 35.9 Å². The number of rotatable bonds is 5. The molecule has 0 saturated carbocycles. The predicted molar refractivity (Wildman–Crippen MR) is 114 cm³/mol. The summed E-state index contributed by atoms with van der Waals surface area (Å²) in [6, 6.07) is 12.1. The van der Waals surface area contributed by atoms with E-state index in [1.165, 1.54) is 11.1 Å². The first-order valence-electron chi connectivity index (χ1n) is 8.85. The van der Waals surface area contributed by atoms with Gasteiger partial charge in [0.1, 0.15) is 12.0 Å². The number of ether oxygens (including phenoxy) is 1. The fourth-order valence-electron chi connectivity index (χ4n) is 2.74. The van der Waals surface area contributed by atoms with E-state index in [-0.39, 0.29) is 6.54 Å². The predicted octanol–water partition coefficient (Wildman–Crippen LogP) is 4.15. The zero-order valence-corrected chi connectivity index (χ0v) is 16.6. The van der Waals surface area contributed by atoms with E-state index in [0.29, 0.717) is 27.8 Å². The lowest BCUT2D eigenvalue weighted by molar-refractivity contribution is 0.154. The molecule has 1 atom stereocenters. The largest absolute Gasteiger partial charge is 0.455 e. The van der Waals surface area contributed by atoms with Gasteiger partial charge >= 0.3 is 6.03 Å². The van der Waals surface area contributed by atoms with Crippen LogP contribution in [0.4, 0.5) is 10.5 Å². The number of halogens is 1.